The summed E-state index contributed by atoms with van der Waals surface area (Å²) < 4.78 is 13.0. The summed E-state index contributed by atoms with van der Waals surface area (Å²) in [7, 11) is 0. The molecular weight excluding hydrogens is 261 g/mol. The molecule has 0 aliphatic rings. The molecule has 1 heterocycles. The topological polar surface area (TPSA) is 12.9 Å². The first-order valence-corrected chi connectivity index (χ1v) is 6.68. The van der Waals surface area contributed by atoms with E-state index in [4.69, 9.17) is 11.6 Å². The van der Waals surface area contributed by atoms with Gasteiger partial charge in [-0.25, -0.2) is 4.39 Å². The van der Waals surface area contributed by atoms with E-state index >= 15 is 0 Å². The maximum absolute atomic E-state index is 13.0. The Morgan fingerprint density at radius 1 is 1.11 bits per heavy atom. The third kappa shape index (κ3) is 3.13. The van der Waals surface area contributed by atoms with Crippen LogP contribution in [0.25, 0.3) is 11.3 Å². The van der Waals surface area contributed by atoms with Crippen molar-refractivity contribution >= 4 is 11.6 Å². The summed E-state index contributed by atoms with van der Waals surface area (Å²) in [5.74, 6) is -0.250. The van der Waals surface area contributed by atoms with Gasteiger partial charge >= 0.3 is 0 Å². The van der Waals surface area contributed by atoms with Crippen molar-refractivity contribution in [1.82, 2.24) is 4.98 Å². The molecule has 0 amide bonds. The Bertz CT molecular complexity index is 558. The van der Waals surface area contributed by atoms with Gasteiger partial charge in [-0.1, -0.05) is 26.8 Å². The monoisotopic (exact) mass is 277 g/mol. The van der Waals surface area contributed by atoms with Gasteiger partial charge in [0.2, 0.25) is 0 Å². The molecule has 1 atom stereocenters. The van der Waals surface area contributed by atoms with Crippen LogP contribution in [0.3, 0.4) is 0 Å². The van der Waals surface area contributed by atoms with Crippen LogP contribution < -0.4 is 0 Å². The second kappa shape index (κ2) is 5.30. The molecule has 0 saturated heterocycles. The Morgan fingerprint density at radius 3 is 2.32 bits per heavy atom. The number of hydrogen-bond donors (Lipinski definition) is 0. The zero-order valence-corrected chi connectivity index (χ0v) is 12.1. The van der Waals surface area contributed by atoms with E-state index in [9.17, 15) is 4.39 Å². The van der Waals surface area contributed by atoms with Crippen LogP contribution in [0.15, 0.2) is 42.6 Å². The summed E-state index contributed by atoms with van der Waals surface area (Å²) in [5, 5.41) is -0.152. The zero-order chi connectivity index (χ0) is 14.0. The maximum atomic E-state index is 13.0. The van der Waals surface area contributed by atoms with E-state index in [1.807, 2.05) is 12.1 Å². The van der Waals surface area contributed by atoms with Gasteiger partial charge < -0.3 is 0 Å². The van der Waals surface area contributed by atoms with Crippen molar-refractivity contribution in [3.8, 4) is 11.3 Å². The van der Waals surface area contributed by atoms with Crippen LogP contribution in [-0.2, 0) is 0 Å². The third-order valence-corrected chi connectivity index (χ3v) is 3.88. The van der Waals surface area contributed by atoms with Crippen LogP contribution in [0.5, 0.6) is 0 Å². The first-order valence-electron chi connectivity index (χ1n) is 6.24. The molecule has 0 aliphatic carbocycles. The molecule has 1 unspecified atom stereocenters. The Kier molecular flexibility index (Phi) is 3.91. The molecule has 0 N–H and O–H groups in total. The highest BCUT2D eigenvalue weighted by Gasteiger charge is 2.26. The highest BCUT2D eigenvalue weighted by atomic mass is 35.5. The predicted molar refractivity (Wildman–Crippen MR) is 77.7 cm³/mol. The van der Waals surface area contributed by atoms with Crippen molar-refractivity contribution in [1.29, 1.82) is 0 Å². The van der Waals surface area contributed by atoms with Crippen molar-refractivity contribution < 1.29 is 4.39 Å². The fraction of sp³-hybridized carbons (Fsp3) is 0.312. The zero-order valence-electron chi connectivity index (χ0n) is 11.3. The first kappa shape index (κ1) is 14.0. The Hall–Kier alpha value is -1.41. The fourth-order valence-electron chi connectivity index (χ4n) is 1.94. The number of alkyl halides is 1. The number of nitrogens with zero attached hydrogens (tertiary/aromatic N) is 1. The molecule has 1 aromatic carbocycles. The molecule has 0 aliphatic heterocycles. The van der Waals surface area contributed by atoms with Crippen LogP contribution in [0, 0.1) is 11.2 Å². The summed E-state index contributed by atoms with van der Waals surface area (Å²) in [4.78, 5) is 4.41. The molecule has 0 radical (unpaired) electrons. The Balaban J connectivity index is 2.50. The molecule has 2 rings (SSSR count). The summed E-state index contributed by atoms with van der Waals surface area (Å²) in [6.07, 6.45) is 1.73. The van der Waals surface area contributed by atoms with Gasteiger partial charge in [0, 0.05) is 11.8 Å². The van der Waals surface area contributed by atoms with Crippen molar-refractivity contribution in [2.45, 2.75) is 26.1 Å². The molecule has 0 spiro atoms. The smallest absolute Gasteiger partial charge is 0.123 e. The third-order valence-electron chi connectivity index (χ3n) is 2.99. The Labute approximate surface area is 118 Å². The van der Waals surface area contributed by atoms with Gasteiger partial charge in [0.25, 0.3) is 0 Å². The largest absolute Gasteiger partial charge is 0.256 e. The van der Waals surface area contributed by atoms with Gasteiger partial charge in [-0.2, -0.15) is 0 Å². The number of hydrogen-bond acceptors (Lipinski definition) is 1. The molecule has 100 valence electrons. The molecular formula is C16H17ClFN. The number of aromatic nitrogens is 1. The molecule has 0 saturated carbocycles. The second-order valence-electron chi connectivity index (χ2n) is 5.68. The van der Waals surface area contributed by atoms with E-state index in [2.05, 4.69) is 25.8 Å². The van der Waals surface area contributed by atoms with E-state index < -0.39 is 0 Å². The van der Waals surface area contributed by atoms with Crippen LogP contribution in [0.4, 0.5) is 4.39 Å². The lowest BCUT2D eigenvalue weighted by Gasteiger charge is -2.26. The summed E-state index contributed by atoms with van der Waals surface area (Å²) in [5.41, 5.74) is 2.60. The minimum absolute atomic E-state index is 0.0701. The van der Waals surface area contributed by atoms with Gasteiger partial charge in [0.15, 0.2) is 0 Å². The van der Waals surface area contributed by atoms with Crippen LogP contribution in [-0.4, -0.2) is 4.98 Å². The van der Waals surface area contributed by atoms with Crippen molar-refractivity contribution in [3.63, 3.8) is 0 Å². The Morgan fingerprint density at radius 2 is 1.74 bits per heavy atom. The number of rotatable bonds is 2. The van der Waals surface area contributed by atoms with Gasteiger partial charge in [0.1, 0.15) is 5.82 Å². The van der Waals surface area contributed by atoms with Gasteiger partial charge in [0.05, 0.1) is 11.1 Å². The number of pyridine rings is 1. The lowest BCUT2D eigenvalue weighted by Crippen LogP contribution is -2.14. The SMILES string of the molecule is CC(C)(C)C(Cl)c1cccnc1-c1ccc(F)cc1. The van der Waals surface area contributed by atoms with Crippen LogP contribution in [0.2, 0.25) is 0 Å². The summed E-state index contributed by atoms with van der Waals surface area (Å²) >= 11 is 6.55. The molecule has 3 heteroatoms. The van der Waals surface area contributed by atoms with E-state index in [1.165, 1.54) is 12.1 Å². The fourth-order valence-corrected chi connectivity index (χ4v) is 2.11. The minimum atomic E-state index is -0.250. The minimum Gasteiger partial charge on any atom is -0.256 e. The van der Waals surface area contributed by atoms with Gasteiger partial charge in [-0.3, -0.25) is 4.98 Å². The lowest BCUT2D eigenvalue weighted by atomic mass is 9.86. The van der Waals surface area contributed by atoms with Crippen molar-refractivity contribution in [2.75, 3.05) is 0 Å². The highest BCUT2D eigenvalue weighted by molar-refractivity contribution is 6.21. The van der Waals surface area contributed by atoms with Crippen LogP contribution in [0.1, 0.15) is 31.7 Å². The average Bonchev–Trinajstić information content (AvgIpc) is 2.38. The molecule has 0 fully saturated rings. The molecule has 2 aromatic rings. The summed E-state index contributed by atoms with van der Waals surface area (Å²) in [6.45, 7) is 6.27. The summed E-state index contributed by atoms with van der Waals surface area (Å²) in [6, 6.07) is 10.2. The molecule has 1 aromatic heterocycles. The van der Waals surface area contributed by atoms with E-state index in [1.54, 1.807) is 18.3 Å². The van der Waals surface area contributed by atoms with Gasteiger partial charge in [-0.15, -0.1) is 11.6 Å². The molecule has 19 heavy (non-hydrogen) atoms. The van der Waals surface area contributed by atoms with Crippen molar-refractivity contribution in [3.05, 3.63) is 54.0 Å². The van der Waals surface area contributed by atoms with E-state index in [0.717, 1.165) is 16.8 Å². The standard InChI is InChI=1S/C16H17ClFN/c1-16(2,3)15(17)13-5-4-10-19-14(13)11-6-8-12(18)9-7-11/h4-10,15H,1-3H3. The highest BCUT2D eigenvalue weighted by Crippen LogP contribution is 2.41. The van der Waals surface area contributed by atoms with Crippen molar-refractivity contribution in [2.24, 2.45) is 5.41 Å². The predicted octanol–water partition coefficient (Wildman–Crippen LogP) is 5.21. The lowest BCUT2D eigenvalue weighted by molar-refractivity contribution is 0.396. The van der Waals surface area contributed by atoms with Gasteiger partial charge in [-0.05, 0) is 41.3 Å². The normalized spacial score (nSPS) is 13.3. The quantitative estimate of drug-likeness (QED) is 0.686. The number of halogens is 2. The maximum Gasteiger partial charge on any atom is 0.123 e. The molecule has 1 nitrogen and oxygen atoms in total. The van der Waals surface area contributed by atoms with E-state index in [-0.39, 0.29) is 16.6 Å². The van der Waals surface area contributed by atoms with E-state index in [0.29, 0.717) is 0 Å². The average molecular weight is 278 g/mol. The first-order chi connectivity index (χ1) is 8.89. The second-order valence-corrected chi connectivity index (χ2v) is 6.11. The molecule has 0 bridgehead atoms. The van der Waals surface area contributed by atoms with Crippen LogP contribution >= 0.6 is 11.6 Å². The number of benzene rings is 1.